The topological polar surface area (TPSA) is 64.5 Å². The van der Waals surface area contributed by atoms with Crippen LogP contribution in [0.2, 0.25) is 0 Å². The Hall–Kier alpha value is -3.41. The van der Waals surface area contributed by atoms with Gasteiger partial charge < -0.3 is 9.47 Å². The molecular weight excluding hydrogens is 318 g/mol. The van der Waals surface area contributed by atoms with Gasteiger partial charge >= 0.3 is 6.09 Å². The molecule has 2 aromatic carbocycles. The van der Waals surface area contributed by atoms with Gasteiger partial charge in [0.05, 0.1) is 7.11 Å². The van der Waals surface area contributed by atoms with Gasteiger partial charge in [0, 0.05) is 30.6 Å². The molecule has 1 amide bonds. The van der Waals surface area contributed by atoms with Crippen LogP contribution in [0.1, 0.15) is 0 Å². The second-order valence-electron chi connectivity index (χ2n) is 5.21. The minimum Gasteiger partial charge on any atom is -0.452 e. The molecule has 0 unspecified atom stereocenters. The molecule has 3 rings (SSSR count). The molecule has 25 heavy (non-hydrogen) atoms. The van der Waals surface area contributed by atoms with Gasteiger partial charge in [-0.2, -0.15) is 4.98 Å². The highest BCUT2D eigenvalue weighted by molar-refractivity contribution is 5.86. The van der Waals surface area contributed by atoms with Crippen molar-refractivity contribution in [3.63, 3.8) is 0 Å². The Labute approximate surface area is 145 Å². The minimum absolute atomic E-state index is 0.433. The molecule has 0 atom stereocenters. The number of anilines is 1. The Bertz CT molecular complexity index is 851. The fourth-order valence-corrected chi connectivity index (χ4v) is 2.23. The van der Waals surface area contributed by atoms with Crippen LogP contribution in [0.3, 0.4) is 0 Å². The molecule has 6 nitrogen and oxygen atoms in total. The van der Waals surface area contributed by atoms with E-state index < -0.39 is 6.09 Å². The third-order valence-electron chi connectivity index (χ3n) is 3.56. The minimum atomic E-state index is -0.433. The number of nitrogens with zero attached hydrogens (tertiary/aromatic N) is 3. The number of rotatable bonds is 4. The van der Waals surface area contributed by atoms with E-state index in [4.69, 9.17) is 4.74 Å². The molecular formula is C19H17N3O3. The van der Waals surface area contributed by atoms with E-state index in [1.54, 1.807) is 43.6 Å². The highest BCUT2D eigenvalue weighted by atomic mass is 16.5. The highest BCUT2D eigenvalue weighted by Gasteiger charge is 2.10. The first-order valence-corrected chi connectivity index (χ1v) is 7.65. The SMILES string of the molecule is COC(=O)N(C)c1ccc(Oc2ccnc(-c3ccccc3)n2)cc1. The molecule has 126 valence electrons. The molecule has 1 heterocycles. The molecule has 0 fully saturated rings. The van der Waals surface area contributed by atoms with Crippen molar-refractivity contribution in [1.29, 1.82) is 0 Å². The standard InChI is InChI=1S/C19H17N3O3/c1-22(19(23)24-2)15-8-10-16(11-9-15)25-17-12-13-20-18(21-17)14-6-4-3-5-7-14/h3-13H,1-2H3. The lowest BCUT2D eigenvalue weighted by atomic mass is 10.2. The molecule has 0 radical (unpaired) electrons. The lowest BCUT2D eigenvalue weighted by molar-refractivity contribution is 0.180. The fraction of sp³-hybridized carbons (Fsp3) is 0.105. The maximum Gasteiger partial charge on any atom is 0.413 e. The third-order valence-corrected chi connectivity index (χ3v) is 3.56. The van der Waals surface area contributed by atoms with E-state index in [0.717, 1.165) is 5.56 Å². The number of benzene rings is 2. The number of carbonyl (C=O) groups is 1. The number of hydrogen-bond acceptors (Lipinski definition) is 5. The van der Waals surface area contributed by atoms with Crippen molar-refractivity contribution < 1.29 is 14.3 Å². The number of ether oxygens (including phenoxy) is 2. The fourth-order valence-electron chi connectivity index (χ4n) is 2.23. The Morgan fingerprint density at radius 2 is 1.72 bits per heavy atom. The third kappa shape index (κ3) is 3.92. The first-order valence-electron chi connectivity index (χ1n) is 7.65. The maximum absolute atomic E-state index is 11.5. The molecule has 3 aromatic rings. The second kappa shape index (κ2) is 7.44. The van der Waals surface area contributed by atoms with Crippen LogP contribution in [0.4, 0.5) is 10.5 Å². The number of carbonyl (C=O) groups excluding carboxylic acids is 1. The molecule has 0 saturated heterocycles. The zero-order chi connectivity index (χ0) is 17.6. The van der Waals surface area contributed by atoms with Crippen LogP contribution in [0.15, 0.2) is 66.9 Å². The predicted molar refractivity (Wildman–Crippen MR) is 94.8 cm³/mol. The molecule has 0 aliphatic heterocycles. The van der Waals surface area contributed by atoms with E-state index in [9.17, 15) is 4.79 Å². The van der Waals surface area contributed by atoms with Crippen molar-refractivity contribution in [1.82, 2.24) is 9.97 Å². The Balaban J connectivity index is 1.76. The average molecular weight is 335 g/mol. The summed E-state index contributed by atoms with van der Waals surface area (Å²) in [6.07, 6.45) is 1.22. The van der Waals surface area contributed by atoms with Crippen LogP contribution < -0.4 is 9.64 Å². The number of methoxy groups -OCH3 is 1. The van der Waals surface area contributed by atoms with Gasteiger partial charge in [0.1, 0.15) is 5.75 Å². The average Bonchev–Trinajstić information content (AvgIpc) is 2.68. The summed E-state index contributed by atoms with van der Waals surface area (Å²) in [6.45, 7) is 0. The van der Waals surface area contributed by atoms with Gasteiger partial charge in [-0.25, -0.2) is 9.78 Å². The van der Waals surface area contributed by atoms with Crippen molar-refractivity contribution in [2.24, 2.45) is 0 Å². The van der Waals surface area contributed by atoms with Crippen molar-refractivity contribution in [2.45, 2.75) is 0 Å². The summed E-state index contributed by atoms with van der Waals surface area (Å²) in [6, 6.07) is 18.4. The maximum atomic E-state index is 11.5. The van der Waals surface area contributed by atoms with Gasteiger partial charge in [-0.1, -0.05) is 30.3 Å². The number of aromatic nitrogens is 2. The Kier molecular flexibility index (Phi) is 4.89. The largest absolute Gasteiger partial charge is 0.452 e. The smallest absolute Gasteiger partial charge is 0.413 e. The summed E-state index contributed by atoms with van der Waals surface area (Å²) >= 11 is 0. The number of amides is 1. The van der Waals surface area contributed by atoms with Crippen LogP contribution >= 0.6 is 0 Å². The molecule has 0 aliphatic rings. The first-order chi connectivity index (χ1) is 12.2. The van der Waals surface area contributed by atoms with Crippen molar-refractivity contribution in [3.8, 4) is 23.0 Å². The van der Waals surface area contributed by atoms with Gasteiger partial charge in [-0.3, -0.25) is 4.90 Å². The summed E-state index contributed by atoms with van der Waals surface area (Å²) in [7, 11) is 2.98. The zero-order valence-electron chi connectivity index (χ0n) is 13.9. The zero-order valence-corrected chi connectivity index (χ0v) is 13.9. The Morgan fingerprint density at radius 3 is 2.40 bits per heavy atom. The van der Waals surface area contributed by atoms with E-state index in [-0.39, 0.29) is 0 Å². The normalized spacial score (nSPS) is 10.2. The van der Waals surface area contributed by atoms with Gasteiger partial charge in [0.25, 0.3) is 0 Å². The van der Waals surface area contributed by atoms with Gasteiger partial charge in [-0.15, -0.1) is 0 Å². The summed E-state index contributed by atoms with van der Waals surface area (Å²) in [4.78, 5) is 21.6. The molecule has 0 N–H and O–H groups in total. The summed E-state index contributed by atoms with van der Waals surface area (Å²) in [5.41, 5.74) is 1.62. The van der Waals surface area contributed by atoms with E-state index in [1.807, 2.05) is 30.3 Å². The lowest BCUT2D eigenvalue weighted by Crippen LogP contribution is -2.25. The monoisotopic (exact) mass is 335 g/mol. The van der Waals surface area contributed by atoms with Crippen molar-refractivity contribution in [2.75, 3.05) is 19.1 Å². The van der Waals surface area contributed by atoms with Crippen LogP contribution in [-0.2, 0) is 4.74 Å². The molecule has 0 bridgehead atoms. The van der Waals surface area contributed by atoms with Crippen molar-refractivity contribution >= 4 is 11.8 Å². The summed E-state index contributed by atoms with van der Waals surface area (Å²) < 4.78 is 10.5. The quantitative estimate of drug-likeness (QED) is 0.717. The van der Waals surface area contributed by atoms with Gasteiger partial charge in [0.15, 0.2) is 5.82 Å². The Morgan fingerprint density at radius 1 is 1.00 bits per heavy atom. The predicted octanol–water partition coefficient (Wildman–Crippen LogP) is 4.14. The van der Waals surface area contributed by atoms with E-state index >= 15 is 0 Å². The van der Waals surface area contributed by atoms with Crippen LogP contribution in [0.25, 0.3) is 11.4 Å². The van der Waals surface area contributed by atoms with Crippen LogP contribution in [0.5, 0.6) is 11.6 Å². The van der Waals surface area contributed by atoms with E-state index in [2.05, 4.69) is 14.7 Å². The number of hydrogen-bond donors (Lipinski definition) is 0. The summed E-state index contributed by atoms with van der Waals surface area (Å²) in [5.74, 6) is 1.66. The molecule has 0 spiro atoms. The van der Waals surface area contributed by atoms with Gasteiger partial charge in [-0.05, 0) is 24.3 Å². The van der Waals surface area contributed by atoms with Crippen molar-refractivity contribution in [3.05, 3.63) is 66.9 Å². The second-order valence-corrected chi connectivity index (χ2v) is 5.21. The molecule has 1 aromatic heterocycles. The summed E-state index contributed by atoms with van der Waals surface area (Å²) in [5, 5.41) is 0. The van der Waals surface area contributed by atoms with E-state index in [0.29, 0.717) is 23.1 Å². The molecule has 0 aliphatic carbocycles. The van der Waals surface area contributed by atoms with Crippen LogP contribution in [-0.4, -0.2) is 30.2 Å². The molecule has 0 saturated carbocycles. The van der Waals surface area contributed by atoms with Crippen LogP contribution in [0, 0.1) is 0 Å². The first kappa shape index (κ1) is 16.4. The molecule has 6 heteroatoms. The lowest BCUT2D eigenvalue weighted by Gasteiger charge is -2.15. The van der Waals surface area contributed by atoms with Gasteiger partial charge in [0.2, 0.25) is 5.88 Å². The highest BCUT2D eigenvalue weighted by Crippen LogP contribution is 2.24. The van der Waals surface area contributed by atoms with E-state index in [1.165, 1.54) is 12.0 Å².